The highest BCUT2D eigenvalue weighted by Gasteiger charge is 2.25. The van der Waals surface area contributed by atoms with E-state index in [9.17, 15) is 4.79 Å². The molecule has 35 heavy (non-hydrogen) atoms. The third-order valence-electron chi connectivity index (χ3n) is 6.26. The van der Waals surface area contributed by atoms with Crippen LogP contribution in [0.4, 0.5) is 5.13 Å². The number of ether oxygens (including phenoxy) is 2. The van der Waals surface area contributed by atoms with Gasteiger partial charge in [-0.2, -0.15) is 5.10 Å². The molecule has 182 valence electrons. The van der Waals surface area contributed by atoms with Crippen LogP contribution in [-0.2, 0) is 4.74 Å². The van der Waals surface area contributed by atoms with E-state index in [2.05, 4.69) is 10.00 Å². The molecule has 5 rings (SSSR count). The lowest BCUT2D eigenvalue weighted by molar-refractivity contribution is 0.0376. The lowest BCUT2D eigenvalue weighted by atomic mass is 10.2. The van der Waals surface area contributed by atoms with Crippen LogP contribution < -0.4 is 9.64 Å². The zero-order chi connectivity index (χ0) is 24.2. The van der Waals surface area contributed by atoms with Gasteiger partial charge in [-0.25, -0.2) is 9.67 Å². The number of nitrogens with zero attached hydrogens (tertiary/aromatic N) is 5. The average Bonchev–Trinajstić information content (AvgIpc) is 3.50. The number of morpholine rings is 1. The van der Waals surface area contributed by atoms with E-state index in [0.717, 1.165) is 66.6 Å². The number of aromatic nitrogens is 3. The molecule has 1 fully saturated rings. The Morgan fingerprint density at radius 3 is 2.74 bits per heavy atom. The Morgan fingerprint density at radius 1 is 1.17 bits per heavy atom. The summed E-state index contributed by atoms with van der Waals surface area (Å²) in [5.74, 6) is 0.690. The maximum atomic E-state index is 13.9. The summed E-state index contributed by atoms with van der Waals surface area (Å²) in [4.78, 5) is 22.9. The molecule has 8 nitrogen and oxygen atoms in total. The van der Waals surface area contributed by atoms with E-state index in [1.165, 1.54) is 11.3 Å². The number of carbonyl (C=O) groups excluding carboxylic acids is 1. The van der Waals surface area contributed by atoms with Crippen molar-refractivity contribution < 1.29 is 14.3 Å². The fourth-order valence-electron chi connectivity index (χ4n) is 4.29. The summed E-state index contributed by atoms with van der Waals surface area (Å²) in [6.45, 7) is 6.80. The summed E-state index contributed by atoms with van der Waals surface area (Å²) in [5, 5.41) is 5.20. The van der Waals surface area contributed by atoms with Crippen molar-refractivity contribution in [2.45, 2.75) is 13.3 Å². The van der Waals surface area contributed by atoms with Crippen molar-refractivity contribution in [1.29, 1.82) is 0 Å². The second-order valence-electron chi connectivity index (χ2n) is 8.49. The average molecular weight is 492 g/mol. The molecule has 0 unspecified atom stereocenters. The highest BCUT2D eigenvalue weighted by molar-refractivity contribution is 7.22. The number of methoxy groups -OCH3 is 1. The molecule has 0 saturated carbocycles. The molecule has 3 heterocycles. The molecule has 2 aromatic heterocycles. The van der Waals surface area contributed by atoms with Gasteiger partial charge in [0, 0.05) is 26.2 Å². The summed E-state index contributed by atoms with van der Waals surface area (Å²) in [7, 11) is 1.65. The Hall–Kier alpha value is -3.27. The van der Waals surface area contributed by atoms with Crippen LogP contribution in [-0.4, -0.2) is 72.1 Å². The zero-order valence-corrected chi connectivity index (χ0v) is 20.8. The third-order valence-corrected chi connectivity index (χ3v) is 7.30. The minimum absolute atomic E-state index is 0.0855. The fraction of sp³-hybridized carbons (Fsp3) is 0.346. The van der Waals surface area contributed by atoms with Gasteiger partial charge in [-0.3, -0.25) is 14.6 Å². The van der Waals surface area contributed by atoms with Crippen molar-refractivity contribution >= 4 is 32.6 Å². The maximum Gasteiger partial charge on any atom is 0.263 e. The molecule has 1 aliphatic heterocycles. The predicted molar refractivity (Wildman–Crippen MR) is 138 cm³/mol. The number of para-hydroxylation sites is 1. The Balaban J connectivity index is 1.43. The first-order valence-corrected chi connectivity index (χ1v) is 12.6. The molecule has 0 radical (unpaired) electrons. The van der Waals surface area contributed by atoms with Crippen LogP contribution in [0.3, 0.4) is 0 Å². The van der Waals surface area contributed by atoms with Crippen LogP contribution in [0.25, 0.3) is 15.9 Å². The van der Waals surface area contributed by atoms with Gasteiger partial charge in [-0.05, 0) is 43.7 Å². The highest BCUT2D eigenvalue weighted by atomic mass is 32.1. The van der Waals surface area contributed by atoms with Gasteiger partial charge in [-0.1, -0.05) is 29.5 Å². The summed E-state index contributed by atoms with van der Waals surface area (Å²) in [5.41, 5.74) is 3.17. The van der Waals surface area contributed by atoms with E-state index in [0.29, 0.717) is 17.2 Å². The summed E-state index contributed by atoms with van der Waals surface area (Å²) in [6.07, 6.45) is 2.51. The quantitative estimate of drug-likeness (QED) is 0.368. The smallest absolute Gasteiger partial charge is 0.263 e. The number of anilines is 1. The van der Waals surface area contributed by atoms with E-state index in [-0.39, 0.29) is 5.91 Å². The first kappa shape index (κ1) is 23.5. The molecular formula is C26H29N5O3S. The number of carbonyl (C=O) groups is 1. The van der Waals surface area contributed by atoms with Crippen LogP contribution in [0.5, 0.6) is 5.75 Å². The molecule has 1 aliphatic rings. The third kappa shape index (κ3) is 5.07. The SMILES string of the molecule is COc1ccc2nc(N(CCCN3CCOCC3)C(=O)c3cnn(-c4ccccc4)c3C)sc2c1. The molecule has 1 saturated heterocycles. The van der Waals surface area contributed by atoms with Crippen LogP contribution in [0.2, 0.25) is 0 Å². The molecule has 2 aromatic carbocycles. The Labute approximate surface area is 208 Å². The van der Waals surface area contributed by atoms with E-state index < -0.39 is 0 Å². The van der Waals surface area contributed by atoms with Crippen molar-refractivity contribution in [3.63, 3.8) is 0 Å². The Kier molecular flexibility index (Phi) is 7.08. The van der Waals surface area contributed by atoms with E-state index in [4.69, 9.17) is 14.5 Å². The van der Waals surface area contributed by atoms with Gasteiger partial charge in [0.1, 0.15) is 5.75 Å². The highest BCUT2D eigenvalue weighted by Crippen LogP contribution is 2.32. The largest absolute Gasteiger partial charge is 0.497 e. The van der Waals surface area contributed by atoms with Gasteiger partial charge in [0.15, 0.2) is 5.13 Å². The van der Waals surface area contributed by atoms with Gasteiger partial charge in [0.25, 0.3) is 5.91 Å². The standard InChI is InChI=1S/C26H29N5O3S/c1-19-22(18-27-31(19)20-7-4-3-5-8-20)25(32)30(12-6-11-29-13-15-34-16-14-29)26-28-23-10-9-21(33-2)17-24(23)35-26/h3-5,7-10,17-18H,6,11-16H2,1-2H3. The predicted octanol–water partition coefficient (Wildman–Crippen LogP) is 4.17. The van der Waals surface area contributed by atoms with Crippen molar-refractivity contribution in [2.75, 3.05) is 51.4 Å². The Morgan fingerprint density at radius 2 is 1.97 bits per heavy atom. The lowest BCUT2D eigenvalue weighted by Crippen LogP contribution is -2.39. The molecule has 0 N–H and O–H groups in total. The minimum atomic E-state index is -0.0855. The molecule has 9 heteroatoms. The maximum absolute atomic E-state index is 13.9. The van der Waals surface area contributed by atoms with E-state index in [1.807, 2.05) is 60.1 Å². The number of fused-ring (bicyclic) bond motifs is 1. The van der Waals surface area contributed by atoms with Gasteiger partial charge >= 0.3 is 0 Å². The summed E-state index contributed by atoms with van der Waals surface area (Å²) < 4.78 is 13.6. The number of thiazole rings is 1. The zero-order valence-electron chi connectivity index (χ0n) is 20.0. The first-order chi connectivity index (χ1) is 17.1. The molecule has 4 aromatic rings. The lowest BCUT2D eigenvalue weighted by Gasteiger charge is -2.27. The van der Waals surface area contributed by atoms with Crippen LogP contribution in [0.15, 0.2) is 54.7 Å². The fourth-order valence-corrected chi connectivity index (χ4v) is 5.31. The topological polar surface area (TPSA) is 72.7 Å². The Bertz CT molecular complexity index is 1300. The van der Waals surface area contributed by atoms with Gasteiger partial charge < -0.3 is 9.47 Å². The summed E-state index contributed by atoms with van der Waals surface area (Å²) in [6, 6.07) is 15.6. The number of amides is 1. The molecule has 0 aliphatic carbocycles. The second kappa shape index (κ2) is 10.6. The first-order valence-electron chi connectivity index (χ1n) is 11.8. The van der Waals surface area contributed by atoms with Crippen molar-refractivity contribution in [3.8, 4) is 11.4 Å². The molecule has 0 spiro atoms. The number of hydrogen-bond acceptors (Lipinski definition) is 7. The van der Waals surface area contributed by atoms with Crippen LogP contribution >= 0.6 is 11.3 Å². The second-order valence-corrected chi connectivity index (χ2v) is 9.49. The number of hydrogen-bond donors (Lipinski definition) is 0. The molecular weight excluding hydrogens is 462 g/mol. The monoisotopic (exact) mass is 491 g/mol. The van der Waals surface area contributed by atoms with Gasteiger partial charge in [0.05, 0.1) is 53.7 Å². The van der Waals surface area contributed by atoms with Crippen molar-refractivity contribution in [1.82, 2.24) is 19.7 Å². The van der Waals surface area contributed by atoms with E-state index in [1.54, 1.807) is 18.2 Å². The van der Waals surface area contributed by atoms with Crippen molar-refractivity contribution in [2.24, 2.45) is 0 Å². The van der Waals surface area contributed by atoms with Crippen molar-refractivity contribution in [3.05, 3.63) is 66.0 Å². The molecule has 1 amide bonds. The van der Waals surface area contributed by atoms with Crippen LogP contribution in [0, 0.1) is 6.92 Å². The van der Waals surface area contributed by atoms with Gasteiger partial charge in [-0.15, -0.1) is 0 Å². The molecule has 0 bridgehead atoms. The minimum Gasteiger partial charge on any atom is -0.497 e. The van der Waals surface area contributed by atoms with Gasteiger partial charge in [0.2, 0.25) is 0 Å². The normalized spacial score (nSPS) is 14.3. The van der Waals surface area contributed by atoms with Crippen LogP contribution in [0.1, 0.15) is 22.5 Å². The number of benzene rings is 2. The number of rotatable bonds is 8. The summed E-state index contributed by atoms with van der Waals surface area (Å²) >= 11 is 1.51. The van der Waals surface area contributed by atoms with E-state index >= 15 is 0 Å². The molecule has 0 atom stereocenters.